The van der Waals surface area contributed by atoms with Crippen LogP contribution in [0.25, 0.3) is 0 Å². The van der Waals surface area contributed by atoms with Crippen LogP contribution in [0.4, 0.5) is 0 Å². The van der Waals surface area contributed by atoms with Crippen molar-refractivity contribution in [2.45, 2.75) is 38.3 Å². The number of sulfonamides is 1. The molecule has 2 heterocycles. The summed E-state index contributed by atoms with van der Waals surface area (Å²) in [6.07, 6.45) is 3.60. The molecular formula is C12H22N4O2S. The molecule has 6 nitrogen and oxygen atoms in total. The van der Waals surface area contributed by atoms with Gasteiger partial charge >= 0.3 is 0 Å². The van der Waals surface area contributed by atoms with Gasteiger partial charge in [-0.25, -0.2) is 18.1 Å². The molecule has 1 fully saturated rings. The standard InChI is InChI=1S/C12H22N4O2S/c1-3-16-9-12(15-10(16)2)19(17,18)14-7-5-11-4-6-13-8-11/h9,11,13-14H,3-8H2,1-2H3. The van der Waals surface area contributed by atoms with Gasteiger partial charge in [-0.1, -0.05) is 0 Å². The quantitative estimate of drug-likeness (QED) is 0.798. The SMILES string of the molecule is CCn1cc(S(=O)(=O)NCCC2CCNC2)nc1C. The van der Waals surface area contributed by atoms with Gasteiger partial charge in [-0.05, 0) is 45.7 Å². The predicted molar refractivity (Wildman–Crippen MR) is 73.4 cm³/mol. The third-order valence-corrected chi connectivity index (χ3v) is 4.91. The van der Waals surface area contributed by atoms with Gasteiger partial charge in [-0.2, -0.15) is 0 Å². The third kappa shape index (κ3) is 3.55. The van der Waals surface area contributed by atoms with Crippen molar-refractivity contribution >= 4 is 10.0 Å². The number of hydrogen-bond acceptors (Lipinski definition) is 4. The number of hydrogen-bond donors (Lipinski definition) is 2. The summed E-state index contributed by atoms with van der Waals surface area (Å²) in [5.74, 6) is 1.31. The van der Waals surface area contributed by atoms with Crippen molar-refractivity contribution in [3.05, 3.63) is 12.0 Å². The van der Waals surface area contributed by atoms with Crippen molar-refractivity contribution in [3.63, 3.8) is 0 Å². The fraction of sp³-hybridized carbons (Fsp3) is 0.750. The Hall–Kier alpha value is -0.920. The molecule has 1 atom stereocenters. The van der Waals surface area contributed by atoms with Crippen molar-refractivity contribution in [2.75, 3.05) is 19.6 Å². The Morgan fingerprint density at radius 3 is 2.95 bits per heavy atom. The molecule has 7 heteroatoms. The van der Waals surface area contributed by atoms with Gasteiger partial charge in [-0.3, -0.25) is 0 Å². The lowest BCUT2D eigenvalue weighted by molar-refractivity contribution is 0.518. The molecule has 0 saturated carbocycles. The molecule has 1 saturated heterocycles. The average Bonchev–Trinajstić information content (AvgIpc) is 2.98. The smallest absolute Gasteiger partial charge is 0.259 e. The fourth-order valence-corrected chi connectivity index (χ4v) is 3.41. The van der Waals surface area contributed by atoms with Crippen LogP contribution in [0.15, 0.2) is 11.2 Å². The van der Waals surface area contributed by atoms with E-state index in [-0.39, 0.29) is 5.03 Å². The second kappa shape index (κ2) is 6.02. The summed E-state index contributed by atoms with van der Waals surface area (Å²) in [7, 11) is -3.47. The van der Waals surface area contributed by atoms with Gasteiger partial charge in [0.2, 0.25) is 0 Å². The van der Waals surface area contributed by atoms with Crippen LogP contribution in [0.3, 0.4) is 0 Å². The van der Waals surface area contributed by atoms with Crippen LogP contribution in [-0.4, -0.2) is 37.6 Å². The molecule has 0 amide bonds. The third-order valence-electron chi connectivity index (χ3n) is 3.58. The van der Waals surface area contributed by atoms with Gasteiger partial charge in [-0.15, -0.1) is 0 Å². The molecule has 1 aromatic heterocycles. The molecule has 0 aliphatic carbocycles. The van der Waals surface area contributed by atoms with Gasteiger partial charge in [0.25, 0.3) is 10.0 Å². The summed E-state index contributed by atoms with van der Waals surface area (Å²) in [4.78, 5) is 4.10. The van der Waals surface area contributed by atoms with E-state index in [0.717, 1.165) is 38.3 Å². The highest BCUT2D eigenvalue weighted by molar-refractivity contribution is 7.89. The molecule has 0 aromatic carbocycles. The van der Waals surface area contributed by atoms with E-state index in [9.17, 15) is 8.42 Å². The highest BCUT2D eigenvalue weighted by Gasteiger charge is 2.20. The maximum Gasteiger partial charge on any atom is 0.259 e. The van der Waals surface area contributed by atoms with Crippen LogP contribution < -0.4 is 10.0 Å². The topological polar surface area (TPSA) is 76.0 Å². The normalized spacial score (nSPS) is 20.0. The van der Waals surface area contributed by atoms with Crippen LogP contribution >= 0.6 is 0 Å². The van der Waals surface area contributed by atoms with E-state index in [0.29, 0.717) is 12.5 Å². The van der Waals surface area contributed by atoms with Gasteiger partial charge in [0.05, 0.1) is 0 Å². The van der Waals surface area contributed by atoms with Gasteiger partial charge < -0.3 is 9.88 Å². The first-order valence-electron chi connectivity index (χ1n) is 6.77. The Balaban J connectivity index is 1.93. The molecule has 0 radical (unpaired) electrons. The van der Waals surface area contributed by atoms with E-state index in [1.54, 1.807) is 6.20 Å². The maximum absolute atomic E-state index is 12.1. The highest BCUT2D eigenvalue weighted by atomic mass is 32.2. The Kier molecular flexibility index (Phi) is 4.59. The molecule has 2 rings (SSSR count). The molecule has 1 aliphatic heterocycles. The average molecular weight is 286 g/mol. The van der Waals surface area contributed by atoms with Crippen LogP contribution in [-0.2, 0) is 16.6 Å². The molecule has 1 aromatic rings. The lowest BCUT2D eigenvalue weighted by Gasteiger charge is -2.08. The van der Waals surface area contributed by atoms with E-state index in [4.69, 9.17) is 0 Å². The first-order chi connectivity index (χ1) is 9.03. The number of nitrogens with zero attached hydrogens (tertiary/aromatic N) is 2. The first kappa shape index (κ1) is 14.5. The molecule has 108 valence electrons. The number of rotatable bonds is 6. The second-order valence-electron chi connectivity index (χ2n) is 4.96. The van der Waals surface area contributed by atoms with Crippen molar-refractivity contribution in [2.24, 2.45) is 5.92 Å². The zero-order chi connectivity index (χ0) is 13.9. The number of aryl methyl sites for hydroxylation is 2. The Labute approximate surface area is 114 Å². The predicted octanol–water partition coefficient (Wildman–Crippen LogP) is 0.489. The van der Waals surface area contributed by atoms with E-state index in [1.807, 2.05) is 18.4 Å². The zero-order valence-electron chi connectivity index (χ0n) is 11.5. The summed E-state index contributed by atoms with van der Waals surface area (Å²) in [5.41, 5.74) is 0. The van der Waals surface area contributed by atoms with Crippen LogP contribution in [0.5, 0.6) is 0 Å². The Morgan fingerprint density at radius 1 is 1.58 bits per heavy atom. The number of aromatic nitrogens is 2. The number of nitrogens with one attached hydrogen (secondary N) is 2. The van der Waals surface area contributed by atoms with E-state index in [1.165, 1.54) is 0 Å². The molecule has 1 aliphatic rings. The summed E-state index contributed by atoms with van der Waals surface area (Å²) < 4.78 is 28.6. The van der Waals surface area contributed by atoms with Crippen LogP contribution in [0, 0.1) is 12.8 Å². The monoisotopic (exact) mass is 286 g/mol. The number of imidazole rings is 1. The van der Waals surface area contributed by atoms with Gasteiger partial charge in [0, 0.05) is 19.3 Å². The lowest BCUT2D eigenvalue weighted by atomic mass is 10.1. The highest BCUT2D eigenvalue weighted by Crippen LogP contribution is 2.13. The Bertz CT molecular complexity index is 518. The van der Waals surface area contributed by atoms with Crippen LogP contribution in [0.2, 0.25) is 0 Å². The minimum absolute atomic E-state index is 0.122. The summed E-state index contributed by atoms with van der Waals surface area (Å²) >= 11 is 0. The van der Waals surface area contributed by atoms with Crippen molar-refractivity contribution < 1.29 is 8.42 Å². The molecule has 1 unspecified atom stereocenters. The van der Waals surface area contributed by atoms with E-state index >= 15 is 0 Å². The molecule has 0 bridgehead atoms. The first-order valence-corrected chi connectivity index (χ1v) is 8.25. The minimum Gasteiger partial charge on any atom is -0.334 e. The molecule has 2 N–H and O–H groups in total. The van der Waals surface area contributed by atoms with Crippen molar-refractivity contribution in [3.8, 4) is 0 Å². The summed E-state index contributed by atoms with van der Waals surface area (Å²) in [6, 6.07) is 0. The van der Waals surface area contributed by atoms with Crippen molar-refractivity contribution in [1.29, 1.82) is 0 Å². The fourth-order valence-electron chi connectivity index (χ4n) is 2.36. The minimum atomic E-state index is -3.47. The zero-order valence-corrected chi connectivity index (χ0v) is 12.3. The summed E-state index contributed by atoms with van der Waals surface area (Å²) in [6.45, 7) is 7.01. The summed E-state index contributed by atoms with van der Waals surface area (Å²) in [5, 5.41) is 3.40. The second-order valence-corrected chi connectivity index (χ2v) is 6.67. The van der Waals surface area contributed by atoms with Crippen molar-refractivity contribution in [1.82, 2.24) is 19.6 Å². The maximum atomic E-state index is 12.1. The van der Waals surface area contributed by atoms with E-state index < -0.39 is 10.0 Å². The molecular weight excluding hydrogens is 264 g/mol. The van der Waals surface area contributed by atoms with Gasteiger partial charge in [0.15, 0.2) is 5.03 Å². The van der Waals surface area contributed by atoms with E-state index in [2.05, 4.69) is 15.0 Å². The lowest BCUT2D eigenvalue weighted by Crippen LogP contribution is -2.27. The van der Waals surface area contributed by atoms with Crippen LogP contribution in [0.1, 0.15) is 25.6 Å². The molecule has 0 spiro atoms. The Morgan fingerprint density at radius 2 is 2.37 bits per heavy atom. The largest absolute Gasteiger partial charge is 0.334 e. The van der Waals surface area contributed by atoms with Gasteiger partial charge in [0.1, 0.15) is 5.82 Å². The molecule has 19 heavy (non-hydrogen) atoms.